The van der Waals surface area contributed by atoms with E-state index in [0.717, 1.165) is 42.2 Å². The van der Waals surface area contributed by atoms with Crippen molar-refractivity contribution in [1.82, 2.24) is 19.6 Å². The number of rotatable bonds is 5. The molecule has 1 saturated carbocycles. The summed E-state index contributed by atoms with van der Waals surface area (Å²) in [6.07, 6.45) is 4.55. The Morgan fingerprint density at radius 3 is 2.69 bits per heavy atom. The lowest BCUT2D eigenvalue weighted by Crippen LogP contribution is -2.28. The van der Waals surface area contributed by atoms with Crippen LogP contribution in [0, 0.1) is 29.6 Å². The van der Waals surface area contributed by atoms with E-state index in [2.05, 4.69) is 33.5 Å². The molecule has 1 unspecified atom stereocenters. The maximum Gasteiger partial charge on any atom is 0.219 e. The van der Waals surface area contributed by atoms with Crippen molar-refractivity contribution < 1.29 is 9.32 Å². The van der Waals surface area contributed by atoms with Gasteiger partial charge in [-0.15, -0.1) is 0 Å². The maximum absolute atomic E-state index is 11.5. The summed E-state index contributed by atoms with van der Waals surface area (Å²) in [4.78, 5) is 17.8. The number of carbonyl (C=O) groups excluding carboxylic acids is 1. The molecule has 3 heterocycles. The fraction of sp³-hybridized carbons (Fsp3) is 0.400. The van der Waals surface area contributed by atoms with Crippen LogP contribution in [0.1, 0.15) is 37.0 Å². The number of benzene rings is 1. The minimum Gasteiger partial charge on any atom is -0.356 e. The molecule has 4 atom stereocenters. The quantitative estimate of drug-likeness (QED) is 0.630. The third kappa shape index (κ3) is 3.71. The molecule has 1 amide bonds. The lowest BCUT2D eigenvalue weighted by atomic mass is 10.1. The standard InChI is InChI=1S/C25H27N5O2/c1-3-25-27-10-11-30(25)23(13-26)22-12-24(32-28-22)18-7-4-17(5-8-18)6-9-19-20-14-29(16(2)31)15-21(19)20/h4-5,7-8,10-12,19-21,23H,3,13-15,26H2,1-2H3/t19?,20-,21+,23-/m1/s1. The largest absolute Gasteiger partial charge is 0.356 e. The predicted molar refractivity (Wildman–Crippen MR) is 120 cm³/mol. The molecule has 0 radical (unpaired) electrons. The van der Waals surface area contributed by atoms with Gasteiger partial charge in [0.1, 0.15) is 11.5 Å². The summed E-state index contributed by atoms with van der Waals surface area (Å²) in [5.74, 6) is 10.1. The molecule has 2 aliphatic rings. The number of likely N-dealkylation sites (tertiary alicyclic amines) is 1. The third-order valence-electron chi connectivity index (χ3n) is 6.69. The van der Waals surface area contributed by atoms with Gasteiger partial charge in [0.15, 0.2) is 5.76 Å². The fourth-order valence-electron chi connectivity index (χ4n) is 4.74. The SMILES string of the molecule is CCc1nccn1[C@H](CN)c1cc(-c2ccc(C#CC3[C@H]4CN(C(C)=O)C[C@@H]34)cc2)on1. The molecule has 32 heavy (non-hydrogen) atoms. The Balaban J connectivity index is 1.26. The van der Waals surface area contributed by atoms with Gasteiger partial charge in [0.2, 0.25) is 5.91 Å². The molecule has 1 aliphatic heterocycles. The number of amides is 1. The first kappa shape index (κ1) is 20.5. The van der Waals surface area contributed by atoms with Crippen molar-refractivity contribution in [1.29, 1.82) is 0 Å². The average Bonchev–Trinajstić information content (AvgIpc) is 3.31. The molecule has 5 rings (SSSR count). The molecule has 164 valence electrons. The Hall–Kier alpha value is -3.37. The maximum atomic E-state index is 11.5. The Labute approximate surface area is 187 Å². The van der Waals surface area contributed by atoms with Gasteiger partial charge >= 0.3 is 0 Å². The van der Waals surface area contributed by atoms with Crippen molar-refractivity contribution in [3.05, 3.63) is 59.8 Å². The van der Waals surface area contributed by atoms with Gasteiger partial charge in [-0.1, -0.05) is 23.9 Å². The highest BCUT2D eigenvalue weighted by molar-refractivity contribution is 5.74. The van der Waals surface area contributed by atoms with E-state index in [4.69, 9.17) is 10.3 Å². The van der Waals surface area contributed by atoms with Gasteiger partial charge in [0.05, 0.1) is 6.04 Å². The molecule has 0 bridgehead atoms. The number of nitrogens with zero attached hydrogens (tertiary/aromatic N) is 4. The van der Waals surface area contributed by atoms with Crippen LogP contribution < -0.4 is 5.73 Å². The van der Waals surface area contributed by atoms with Crippen LogP contribution in [0.2, 0.25) is 0 Å². The molecule has 2 N–H and O–H groups in total. The minimum atomic E-state index is -0.105. The second-order valence-corrected chi connectivity index (χ2v) is 8.60. The molecular formula is C25H27N5O2. The zero-order chi connectivity index (χ0) is 22.2. The number of nitrogens with two attached hydrogens (primary N) is 1. The van der Waals surface area contributed by atoms with E-state index in [-0.39, 0.29) is 11.9 Å². The first-order valence-electron chi connectivity index (χ1n) is 11.1. The molecule has 1 saturated heterocycles. The average molecular weight is 430 g/mol. The van der Waals surface area contributed by atoms with E-state index in [0.29, 0.717) is 30.1 Å². The van der Waals surface area contributed by atoms with Gasteiger partial charge in [-0.2, -0.15) is 0 Å². The molecule has 1 aromatic carbocycles. The molecule has 0 spiro atoms. The normalized spacial score (nSPS) is 22.2. The lowest BCUT2D eigenvalue weighted by molar-refractivity contribution is -0.128. The molecular weight excluding hydrogens is 402 g/mol. The van der Waals surface area contributed by atoms with Crippen LogP contribution >= 0.6 is 0 Å². The zero-order valence-electron chi connectivity index (χ0n) is 18.4. The van der Waals surface area contributed by atoms with Gasteiger partial charge in [-0.3, -0.25) is 4.79 Å². The highest BCUT2D eigenvalue weighted by atomic mass is 16.5. The van der Waals surface area contributed by atoms with E-state index < -0.39 is 0 Å². The fourth-order valence-corrected chi connectivity index (χ4v) is 4.74. The number of aromatic nitrogens is 3. The number of carbonyl (C=O) groups is 1. The predicted octanol–water partition coefficient (Wildman–Crippen LogP) is 2.72. The van der Waals surface area contributed by atoms with Crippen LogP contribution in [0.5, 0.6) is 0 Å². The van der Waals surface area contributed by atoms with Crippen LogP contribution in [0.3, 0.4) is 0 Å². The molecule has 7 heteroatoms. The first-order chi connectivity index (χ1) is 15.6. The van der Waals surface area contributed by atoms with E-state index >= 15 is 0 Å². The van der Waals surface area contributed by atoms with Gasteiger partial charge in [0, 0.05) is 68.5 Å². The zero-order valence-corrected chi connectivity index (χ0v) is 18.4. The van der Waals surface area contributed by atoms with Crippen LogP contribution in [0.25, 0.3) is 11.3 Å². The number of piperidine rings is 1. The van der Waals surface area contributed by atoms with Gasteiger partial charge < -0.3 is 19.7 Å². The summed E-state index contributed by atoms with van der Waals surface area (Å²) < 4.78 is 7.68. The van der Waals surface area contributed by atoms with Gasteiger partial charge in [0.25, 0.3) is 0 Å². The van der Waals surface area contributed by atoms with Crippen molar-refractivity contribution >= 4 is 5.91 Å². The van der Waals surface area contributed by atoms with Crippen molar-refractivity contribution in [2.75, 3.05) is 19.6 Å². The summed E-state index contributed by atoms with van der Waals surface area (Å²) in [5.41, 5.74) is 8.76. The van der Waals surface area contributed by atoms with Crippen LogP contribution in [0.4, 0.5) is 0 Å². The number of aryl methyl sites for hydroxylation is 1. The Kier molecular flexibility index (Phi) is 5.32. The highest BCUT2D eigenvalue weighted by Crippen LogP contribution is 2.51. The smallest absolute Gasteiger partial charge is 0.219 e. The molecule has 3 aromatic rings. The Morgan fingerprint density at radius 2 is 2.03 bits per heavy atom. The molecule has 2 fully saturated rings. The third-order valence-corrected chi connectivity index (χ3v) is 6.69. The van der Waals surface area contributed by atoms with E-state index in [1.807, 2.05) is 41.4 Å². The number of hydrogen-bond donors (Lipinski definition) is 1. The monoisotopic (exact) mass is 429 g/mol. The minimum absolute atomic E-state index is 0.105. The van der Waals surface area contributed by atoms with Crippen molar-refractivity contribution in [2.45, 2.75) is 26.3 Å². The summed E-state index contributed by atoms with van der Waals surface area (Å²) >= 11 is 0. The molecule has 2 aromatic heterocycles. The molecule has 1 aliphatic carbocycles. The number of hydrogen-bond acceptors (Lipinski definition) is 5. The van der Waals surface area contributed by atoms with Gasteiger partial charge in [-0.25, -0.2) is 4.98 Å². The number of imidazole rings is 1. The van der Waals surface area contributed by atoms with Gasteiger partial charge in [-0.05, 0) is 36.1 Å². The van der Waals surface area contributed by atoms with Crippen molar-refractivity contribution in [2.24, 2.45) is 23.5 Å². The first-order valence-corrected chi connectivity index (χ1v) is 11.1. The highest BCUT2D eigenvalue weighted by Gasteiger charge is 2.55. The van der Waals surface area contributed by atoms with Crippen molar-refractivity contribution in [3.8, 4) is 23.2 Å². The van der Waals surface area contributed by atoms with E-state index in [9.17, 15) is 4.79 Å². The Morgan fingerprint density at radius 1 is 1.28 bits per heavy atom. The number of fused-ring (bicyclic) bond motifs is 1. The second-order valence-electron chi connectivity index (χ2n) is 8.60. The van der Waals surface area contributed by atoms with Crippen LogP contribution in [0.15, 0.2) is 47.2 Å². The van der Waals surface area contributed by atoms with Crippen molar-refractivity contribution in [3.63, 3.8) is 0 Å². The Bertz CT molecular complexity index is 1170. The summed E-state index contributed by atoms with van der Waals surface area (Å²) in [5, 5.41) is 4.28. The molecule has 7 nitrogen and oxygen atoms in total. The topological polar surface area (TPSA) is 90.2 Å². The lowest BCUT2D eigenvalue weighted by Gasteiger charge is -2.15. The second kappa shape index (κ2) is 8.29. The van der Waals surface area contributed by atoms with Crippen LogP contribution in [-0.4, -0.2) is 45.1 Å². The van der Waals surface area contributed by atoms with E-state index in [1.165, 1.54) is 0 Å². The van der Waals surface area contributed by atoms with E-state index in [1.54, 1.807) is 13.1 Å². The van der Waals surface area contributed by atoms with Crippen LogP contribution in [-0.2, 0) is 11.2 Å². The summed E-state index contributed by atoms with van der Waals surface area (Å²) in [6.45, 7) is 5.84. The summed E-state index contributed by atoms with van der Waals surface area (Å²) in [6, 6.07) is 9.87. The summed E-state index contributed by atoms with van der Waals surface area (Å²) in [7, 11) is 0.